The topological polar surface area (TPSA) is 37.4 Å². The lowest BCUT2D eigenvalue weighted by atomic mass is 9.88. The maximum atomic E-state index is 12.6. The molecule has 1 heterocycles. The minimum absolute atomic E-state index is 0.00761. The van der Waals surface area contributed by atoms with Gasteiger partial charge in [0.1, 0.15) is 0 Å². The average Bonchev–Trinajstić information content (AvgIpc) is 2.68. The Labute approximate surface area is 174 Å². The van der Waals surface area contributed by atoms with E-state index in [1.165, 1.54) is 11.8 Å². The number of benzene rings is 2. The van der Waals surface area contributed by atoms with Gasteiger partial charge in [-0.2, -0.15) is 0 Å². The normalized spacial score (nSPS) is 15.0. The Kier molecular flexibility index (Phi) is 6.85. The van der Waals surface area contributed by atoms with Crippen LogP contribution in [0.2, 0.25) is 10.0 Å². The molecule has 0 bridgehead atoms. The van der Waals surface area contributed by atoms with E-state index < -0.39 is 0 Å². The summed E-state index contributed by atoms with van der Waals surface area (Å²) in [4.78, 5) is 27.8. The van der Waals surface area contributed by atoms with E-state index >= 15 is 0 Å². The van der Waals surface area contributed by atoms with Crippen LogP contribution in [0.15, 0.2) is 47.4 Å². The van der Waals surface area contributed by atoms with E-state index in [2.05, 4.69) is 0 Å². The lowest BCUT2D eigenvalue weighted by Gasteiger charge is -2.31. The summed E-state index contributed by atoms with van der Waals surface area (Å²) in [7, 11) is 0. The minimum Gasteiger partial charge on any atom is -0.342 e. The number of Topliss-reactive ketones (excluding diaryl/α,β-unsaturated/α-hetero) is 1. The summed E-state index contributed by atoms with van der Waals surface area (Å²) < 4.78 is 0. The molecule has 1 aliphatic heterocycles. The van der Waals surface area contributed by atoms with Gasteiger partial charge in [-0.05, 0) is 38.0 Å². The van der Waals surface area contributed by atoms with Crippen LogP contribution in [0.1, 0.15) is 28.8 Å². The van der Waals surface area contributed by atoms with Gasteiger partial charge in [-0.3, -0.25) is 9.59 Å². The molecule has 0 saturated carbocycles. The number of thioether (sulfide) groups is 1. The van der Waals surface area contributed by atoms with Crippen LogP contribution in [-0.2, 0) is 4.79 Å². The van der Waals surface area contributed by atoms with Crippen molar-refractivity contribution in [3.8, 4) is 0 Å². The largest absolute Gasteiger partial charge is 0.342 e. The third-order valence-electron chi connectivity index (χ3n) is 4.80. The van der Waals surface area contributed by atoms with E-state index in [1.807, 2.05) is 36.1 Å². The highest BCUT2D eigenvalue weighted by Crippen LogP contribution is 2.30. The van der Waals surface area contributed by atoms with Crippen molar-refractivity contribution in [3.05, 3.63) is 63.6 Å². The Balaban J connectivity index is 1.51. The number of halogens is 2. The lowest BCUT2D eigenvalue weighted by Crippen LogP contribution is -2.41. The molecule has 1 saturated heterocycles. The fourth-order valence-electron chi connectivity index (χ4n) is 3.16. The Bertz CT molecular complexity index is 831. The number of likely N-dealkylation sites (tertiary alicyclic amines) is 1. The van der Waals surface area contributed by atoms with E-state index in [4.69, 9.17) is 23.2 Å². The van der Waals surface area contributed by atoms with Crippen molar-refractivity contribution in [3.63, 3.8) is 0 Å². The number of ketones is 1. The molecule has 1 amide bonds. The summed E-state index contributed by atoms with van der Waals surface area (Å²) in [5.74, 6) is 0.558. The minimum atomic E-state index is -0.00761. The van der Waals surface area contributed by atoms with Crippen molar-refractivity contribution in [2.75, 3.05) is 18.8 Å². The fraction of sp³-hybridized carbons (Fsp3) is 0.333. The van der Waals surface area contributed by atoms with Crippen molar-refractivity contribution < 1.29 is 9.59 Å². The van der Waals surface area contributed by atoms with Crippen molar-refractivity contribution in [1.29, 1.82) is 0 Å². The lowest BCUT2D eigenvalue weighted by molar-refractivity contribution is -0.129. The zero-order chi connectivity index (χ0) is 19.4. The molecule has 2 aromatic carbocycles. The van der Waals surface area contributed by atoms with Crippen LogP contribution in [0.25, 0.3) is 0 Å². The predicted molar refractivity (Wildman–Crippen MR) is 112 cm³/mol. The maximum absolute atomic E-state index is 12.6. The van der Waals surface area contributed by atoms with Gasteiger partial charge in [0.2, 0.25) is 5.91 Å². The number of carbonyl (C=O) groups excluding carboxylic acids is 2. The summed E-state index contributed by atoms with van der Waals surface area (Å²) in [6.45, 7) is 3.24. The predicted octanol–water partition coefficient (Wildman–Crippen LogP) is 5.52. The van der Waals surface area contributed by atoms with Crippen LogP contribution < -0.4 is 0 Å². The molecule has 0 N–H and O–H groups in total. The monoisotopic (exact) mass is 421 g/mol. The number of nitrogens with zero attached hydrogens (tertiary/aromatic N) is 1. The number of hydrogen-bond acceptors (Lipinski definition) is 3. The van der Waals surface area contributed by atoms with Crippen LogP contribution in [0, 0.1) is 12.8 Å². The molecule has 0 radical (unpaired) electrons. The second-order valence-corrected chi connectivity index (χ2v) is 8.61. The first-order valence-corrected chi connectivity index (χ1v) is 10.6. The molecular weight excluding hydrogens is 401 g/mol. The number of hydrogen-bond donors (Lipinski definition) is 0. The molecular formula is C21H21Cl2NO2S. The molecule has 0 aromatic heterocycles. The first-order valence-electron chi connectivity index (χ1n) is 8.90. The molecule has 1 fully saturated rings. The highest BCUT2D eigenvalue weighted by Gasteiger charge is 2.27. The van der Waals surface area contributed by atoms with Gasteiger partial charge in [-0.1, -0.05) is 53.0 Å². The van der Waals surface area contributed by atoms with Crippen LogP contribution in [0.3, 0.4) is 0 Å². The number of piperidine rings is 1. The molecule has 0 atom stereocenters. The van der Waals surface area contributed by atoms with Crippen LogP contribution in [-0.4, -0.2) is 35.4 Å². The second kappa shape index (κ2) is 9.13. The van der Waals surface area contributed by atoms with Gasteiger partial charge in [0.05, 0.1) is 10.8 Å². The molecule has 27 heavy (non-hydrogen) atoms. The Morgan fingerprint density at radius 3 is 2.41 bits per heavy atom. The molecule has 142 valence electrons. The Morgan fingerprint density at radius 2 is 1.74 bits per heavy atom. The summed E-state index contributed by atoms with van der Waals surface area (Å²) >= 11 is 13.5. The standard InChI is InChI=1S/C21H21Cl2NO2S/c1-14-2-4-15(5-3-14)21(26)16-8-10-24(11-9-16)20(25)13-27-19-12-17(22)6-7-18(19)23/h2-7,12,16H,8-11,13H2,1H3. The van der Waals surface area contributed by atoms with Crippen LogP contribution in [0.5, 0.6) is 0 Å². The molecule has 2 aromatic rings. The third-order valence-corrected chi connectivity index (χ3v) is 6.52. The Morgan fingerprint density at radius 1 is 1.07 bits per heavy atom. The van der Waals surface area contributed by atoms with Gasteiger partial charge >= 0.3 is 0 Å². The number of aryl methyl sites for hydroxylation is 1. The number of amides is 1. The van der Waals surface area contributed by atoms with Gasteiger partial charge in [0.15, 0.2) is 5.78 Å². The average molecular weight is 422 g/mol. The quantitative estimate of drug-likeness (QED) is 0.471. The van der Waals surface area contributed by atoms with Gasteiger partial charge in [-0.25, -0.2) is 0 Å². The van der Waals surface area contributed by atoms with Gasteiger partial charge in [0, 0.05) is 34.5 Å². The van der Waals surface area contributed by atoms with Crippen molar-refractivity contribution in [1.82, 2.24) is 4.90 Å². The second-order valence-electron chi connectivity index (χ2n) is 6.75. The van der Waals surface area contributed by atoms with E-state index in [9.17, 15) is 9.59 Å². The van der Waals surface area contributed by atoms with Gasteiger partial charge in [-0.15, -0.1) is 11.8 Å². The molecule has 3 nitrogen and oxygen atoms in total. The molecule has 0 spiro atoms. The zero-order valence-electron chi connectivity index (χ0n) is 15.1. The van der Waals surface area contributed by atoms with Crippen molar-refractivity contribution in [2.45, 2.75) is 24.7 Å². The Hall–Kier alpha value is -1.49. The number of carbonyl (C=O) groups is 2. The fourth-order valence-corrected chi connectivity index (χ4v) is 4.56. The van der Waals surface area contributed by atoms with Crippen LogP contribution in [0.4, 0.5) is 0 Å². The van der Waals surface area contributed by atoms with Crippen molar-refractivity contribution in [2.24, 2.45) is 5.92 Å². The maximum Gasteiger partial charge on any atom is 0.232 e. The molecule has 3 rings (SSSR count). The molecule has 6 heteroatoms. The van der Waals surface area contributed by atoms with Crippen LogP contribution >= 0.6 is 35.0 Å². The molecule has 0 aliphatic carbocycles. The molecule has 0 unspecified atom stereocenters. The highest BCUT2D eigenvalue weighted by atomic mass is 35.5. The van der Waals surface area contributed by atoms with Gasteiger partial charge in [0.25, 0.3) is 0 Å². The molecule has 1 aliphatic rings. The first kappa shape index (κ1) is 20.2. The smallest absolute Gasteiger partial charge is 0.232 e. The number of rotatable bonds is 5. The summed E-state index contributed by atoms with van der Waals surface area (Å²) in [5.41, 5.74) is 1.90. The first-order chi connectivity index (χ1) is 12.9. The van der Waals surface area contributed by atoms with Crippen molar-refractivity contribution >= 4 is 46.7 Å². The van der Waals surface area contributed by atoms with E-state index in [0.29, 0.717) is 41.7 Å². The summed E-state index contributed by atoms with van der Waals surface area (Å²) in [6, 6.07) is 12.9. The van der Waals surface area contributed by atoms with Gasteiger partial charge < -0.3 is 4.90 Å². The van der Waals surface area contributed by atoms with E-state index in [0.717, 1.165) is 16.0 Å². The summed E-state index contributed by atoms with van der Waals surface area (Å²) in [5, 5.41) is 1.20. The van der Waals surface area contributed by atoms with E-state index in [1.54, 1.807) is 18.2 Å². The highest BCUT2D eigenvalue weighted by molar-refractivity contribution is 8.00. The SMILES string of the molecule is Cc1ccc(C(=O)C2CCN(C(=O)CSc3cc(Cl)ccc3Cl)CC2)cc1. The summed E-state index contributed by atoms with van der Waals surface area (Å²) in [6.07, 6.45) is 1.42. The third kappa shape index (κ3) is 5.28. The van der Waals surface area contributed by atoms with E-state index in [-0.39, 0.29) is 17.6 Å². The zero-order valence-corrected chi connectivity index (χ0v) is 17.4.